The van der Waals surface area contributed by atoms with E-state index < -0.39 is 0 Å². The zero-order chi connectivity index (χ0) is 53.9. The molecule has 0 aliphatic carbocycles. The van der Waals surface area contributed by atoms with Crippen molar-refractivity contribution in [2.24, 2.45) is 0 Å². The van der Waals surface area contributed by atoms with Crippen molar-refractivity contribution in [3.8, 4) is 73.3 Å². The first-order valence-electron chi connectivity index (χ1n) is 26.7. The van der Waals surface area contributed by atoms with E-state index in [1.807, 2.05) is 13.8 Å². The summed E-state index contributed by atoms with van der Waals surface area (Å²) in [6, 6.07) is 55.1. The van der Waals surface area contributed by atoms with Gasteiger partial charge in [0.25, 0.3) is 0 Å². The number of nitrogens with zero attached hydrogens (tertiary/aromatic N) is 6. The average Bonchev–Trinajstić information content (AvgIpc) is 4.12. The molecule has 3 aromatic heterocycles. The number of hydrogen-bond donors (Lipinski definition) is 0. The highest BCUT2D eigenvalue weighted by Gasteiger charge is 2.26. The fourth-order valence-corrected chi connectivity index (χ4v) is 13.2. The molecule has 6 nitrogen and oxygen atoms in total. The van der Waals surface area contributed by atoms with Crippen molar-refractivity contribution in [3.63, 3.8) is 0 Å². The largest absolute Gasteiger partial charge is 0.307 e. The lowest BCUT2D eigenvalue weighted by molar-refractivity contribution is 0.927. The second-order valence-electron chi connectivity index (χ2n) is 22.0. The summed E-state index contributed by atoms with van der Waals surface area (Å²) in [7, 11) is 0. The Labute approximate surface area is 452 Å². The standard InChI is InChI=1S/C71H62N6/c1-38-14-19-56(42(5)24-38)51-15-20-57-58-21-16-52(68-43(6)25-39(2)26-44(68)7)32-63(58)76(62(57)31-51)66-35-55(37-72)61(71-74-49(12)73-50(13)75-71)36-67(66)77-64-33-53(69-45(8)27-40(3)28-46(69)9)17-22-59(64)60-23-18-54(34-65(60)77)70-47(10)29-41(4)30-48(70)11/h14-36H,1-13H3. The number of fused-ring (bicyclic) bond motifs is 6. The van der Waals surface area contributed by atoms with E-state index in [1.165, 1.54) is 83.5 Å². The smallest absolute Gasteiger partial charge is 0.164 e. The van der Waals surface area contributed by atoms with Gasteiger partial charge in [-0.05, 0) is 210 Å². The second-order valence-corrected chi connectivity index (χ2v) is 22.0. The number of rotatable bonds is 7. The fourth-order valence-electron chi connectivity index (χ4n) is 13.2. The van der Waals surface area contributed by atoms with Crippen LogP contribution in [-0.2, 0) is 0 Å². The average molecular weight is 999 g/mol. The first kappa shape index (κ1) is 49.0. The molecule has 0 saturated carbocycles. The van der Waals surface area contributed by atoms with Crippen LogP contribution in [-0.4, -0.2) is 24.1 Å². The molecule has 9 aromatic carbocycles. The van der Waals surface area contributed by atoms with Crippen LogP contribution < -0.4 is 0 Å². The van der Waals surface area contributed by atoms with Gasteiger partial charge in [-0.2, -0.15) is 5.26 Å². The van der Waals surface area contributed by atoms with Gasteiger partial charge < -0.3 is 9.13 Å². The Kier molecular flexibility index (Phi) is 11.7. The van der Waals surface area contributed by atoms with Crippen molar-refractivity contribution in [1.82, 2.24) is 24.1 Å². The van der Waals surface area contributed by atoms with Crippen LogP contribution in [0.3, 0.4) is 0 Å². The zero-order valence-corrected chi connectivity index (χ0v) is 46.5. The SMILES string of the molecule is Cc1ccc(-c2ccc3c4ccc(-c5c(C)cc(C)cc5C)cc4n(-c4cc(C#N)c(-c5nc(C)nc(C)n5)cc4-n4c5cc(-c6c(C)cc(C)cc6C)ccc5c5ccc(-c6c(C)cc(C)cc6C)cc54)c3c2)c(C)c1. The van der Waals surface area contributed by atoms with Crippen molar-refractivity contribution in [3.05, 3.63) is 218 Å². The molecule has 77 heavy (non-hydrogen) atoms. The highest BCUT2D eigenvalue weighted by molar-refractivity contribution is 6.14. The van der Waals surface area contributed by atoms with E-state index >= 15 is 0 Å². The maximum absolute atomic E-state index is 11.5. The van der Waals surface area contributed by atoms with E-state index in [-0.39, 0.29) is 0 Å². The van der Waals surface area contributed by atoms with Crippen LogP contribution >= 0.6 is 0 Å². The van der Waals surface area contributed by atoms with Crippen LogP contribution in [0.1, 0.15) is 78.4 Å². The summed E-state index contributed by atoms with van der Waals surface area (Å²) in [4.78, 5) is 14.5. The summed E-state index contributed by atoms with van der Waals surface area (Å²) >= 11 is 0. The van der Waals surface area contributed by atoms with Gasteiger partial charge in [0, 0.05) is 27.1 Å². The molecule has 0 amide bonds. The molecule has 0 spiro atoms. The lowest BCUT2D eigenvalue weighted by Crippen LogP contribution is -2.07. The maximum Gasteiger partial charge on any atom is 0.164 e. The van der Waals surface area contributed by atoms with Crippen LogP contribution in [0.15, 0.2) is 140 Å². The predicted molar refractivity (Wildman–Crippen MR) is 322 cm³/mol. The van der Waals surface area contributed by atoms with Crippen LogP contribution in [0.5, 0.6) is 0 Å². The van der Waals surface area contributed by atoms with Gasteiger partial charge >= 0.3 is 0 Å². The Morgan fingerprint density at radius 1 is 0.325 bits per heavy atom. The Hall–Kier alpha value is -8.92. The molecule has 6 heteroatoms. The summed E-state index contributed by atoms with van der Waals surface area (Å²) in [6.45, 7) is 28.0. The topological polar surface area (TPSA) is 72.3 Å². The summed E-state index contributed by atoms with van der Waals surface area (Å²) in [5.74, 6) is 1.65. The Morgan fingerprint density at radius 2 is 0.675 bits per heavy atom. The molecule has 0 aliphatic heterocycles. The van der Waals surface area contributed by atoms with E-state index in [2.05, 4.69) is 236 Å². The first-order valence-corrected chi connectivity index (χ1v) is 26.7. The molecule has 3 heterocycles. The quantitative estimate of drug-likeness (QED) is 0.159. The molecule has 0 N–H and O–H groups in total. The number of aromatic nitrogens is 5. The molecule has 0 atom stereocenters. The minimum atomic E-state index is 0.463. The molecule has 0 unspecified atom stereocenters. The van der Waals surface area contributed by atoms with Gasteiger partial charge in [-0.25, -0.2) is 15.0 Å². The summed E-state index contributed by atoms with van der Waals surface area (Å²) in [5.41, 5.74) is 30.0. The van der Waals surface area contributed by atoms with Crippen molar-refractivity contribution in [1.29, 1.82) is 5.26 Å². The van der Waals surface area contributed by atoms with Crippen molar-refractivity contribution < 1.29 is 0 Å². The molecule has 0 saturated heterocycles. The first-order chi connectivity index (χ1) is 36.9. The van der Waals surface area contributed by atoms with Gasteiger partial charge in [0.15, 0.2) is 5.82 Å². The van der Waals surface area contributed by atoms with E-state index in [0.29, 0.717) is 28.6 Å². The third-order valence-electron chi connectivity index (χ3n) is 15.9. The zero-order valence-electron chi connectivity index (χ0n) is 46.5. The molecule has 12 rings (SSSR count). The highest BCUT2D eigenvalue weighted by Crippen LogP contribution is 2.45. The van der Waals surface area contributed by atoms with E-state index in [9.17, 15) is 5.26 Å². The number of hydrogen-bond acceptors (Lipinski definition) is 4. The van der Waals surface area contributed by atoms with Gasteiger partial charge in [0.1, 0.15) is 11.6 Å². The minimum Gasteiger partial charge on any atom is -0.307 e. The van der Waals surface area contributed by atoms with E-state index in [0.717, 1.165) is 77.2 Å². The molecule has 0 fully saturated rings. The number of nitriles is 1. The third-order valence-corrected chi connectivity index (χ3v) is 15.9. The molecule has 0 bridgehead atoms. The van der Waals surface area contributed by atoms with Gasteiger partial charge in [-0.1, -0.05) is 125 Å². The monoisotopic (exact) mass is 999 g/mol. The predicted octanol–water partition coefficient (Wildman–Crippen LogP) is 18.3. The van der Waals surface area contributed by atoms with Crippen LogP contribution in [0.2, 0.25) is 0 Å². The minimum absolute atomic E-state index is 0.463. The fraction of sp³-hybridized carbons (Fsp3) is 0.183. The molecular formula is C71H62N6. The lowest BCUT2D eigenvalue weighted by Gasteiger charge is -2.20. The summed E-state index contributed by atoms with van der Waals surface area (Å²) < 4.78 is 4.89. The lowest BCUT2D eigenvalue weighted by atomic mass is 9.92. The van der Waals surface area contributed by atoms with Gasteiger partial charge in [-0.15, -0.1) is 0 Å². The summed E-state index contributed by atoms with van der Waals surface area (Å²) in [5, 5.41) is 16.0. The van der Waals surface area contributed by atoms with Crippen LogP contribution in [0, 0.1) is 101 Å². The molecule has 0 aliphatic rings. The van der Waals surface area contributed by atoms with Gasteiger partial charge in [0.05, 0.1) is 45.1 Å². The van der Waals surface area contributed by atoms with Crippen molar-refractivity contribution >= 4 is 43.6 Å². The van der Waals surface area contributed by atoms with E-state index in [4.69, 9.17) is 9.97 Å². The third kappa shape index (κ3) is 8.21. The summed E-state index contributed by atoms with van der Waals surface area (Å²) in [6.07, 6.45) is 0. The Morgan fingerprint density at radius 3 is 1.05 bits per heavy atom. The highest BCUT2D eigenvalue weighted by atomic mass is 15.1. The molecule has 12 aromatic rings. The van der Waals surface area contributed by atoms with Crippen LogP contribution in [0.25, 0.3) is 111 Å². The Bertz CT molecular complexity index is 4350. The number of benzene rings is 9. The molecular weight excluding hydrogens is 937 g/mol. The van der Waals surface area contributed by atoms with Gasteiger partial charge in [-0.3, -0.25) is 0 Å². The van der Waals surface area contributed by atoms with Crippen molar-refractivity contribution in [2.75, 3.05) is 0 Å². The van der Waals surface area contributed by atoms with Gasteiger partial charge in [0.2, 0.25) is 0 Å². The van der Waals surface area contributed by atoms with E-state index in [1.54, 1.807) is 0 Å². The number of aryl methyl sites for hydroxylation is 13. The molecule has 0 radical (unpaired) electrons. The maximum atomic E-state index is 11.5. The van der Waals surface area contributed by atoms with Crippen LogP contribution in [0.4, 0.5) is 0 Å². The second kappa shape index (κ2) is 18.4. The normalized spacial score (nSPS) is 11.7. The molecule has 376 valence electrons. The van der Waals surface area contributed by atoms with Crippen molar-refractivity contribution in [2.45, 2.75) is 90.0 Å². The Balaban J connectivity index is 1.28.